The van der Waals surface area contributed by atoms with Gasteiger partial charge in [-0.3, -0.25) is 9.59 Å². The quantitative estimate of drug-likeness (QED) is 0.820. The second-order valence-corrected chi connectivity index (χ2v) is 5.07. The molecule has 1 atom stereocenters. The molecule has 0 saturated carbocycles. The van der Waals surface area contributed by atoms with Gasteiger partial charge in [0.15, 0.2) is 0 Å². The van der Waals surface area contributed by atoms with Crippen LogP contribution < -0.4 is 0 Å². The highest BCUT2D eigenvalue weighted by molar-refractivity contribution is 5.79. The first-order valence-corrected chi connectivity index (χ1v) is 6.49. The Bertz CT molecular complexity index is 293. The van der Waals surface area contributed by atoms with Crippen molar-refractivity contribution in [3.63, 3.8) is 0 Å². The van der Waals surface area contributed by atoms with Crippen LogP contribution in [0.4, 0.5) is 0 Å². The Morgan fingerprint density at radius 3 is 2.18 bits per heavy atom. The zero-order chi connectivity index (χ0) is 13.1. The maximum Gasteiger partial charge on any atom is 0.309 e. The van der Waals surface area contributed by atoms with Gasteiger partial charge in [0.2, 0.25) is 5.91 Å². The molecular weight excluding hydrogens is 218 g/mol. The molecule has 1 N–H and O–H groups in total. The third-order valence-corrected chi connectivity index (χ3v) is 4.20. The van der Waals surface area contributed by atoms with Gasteiger partial charge in [-0.25, -0.2) is 0 Å². The van der Waals surface area contributed by atoms with Crippen LogP contribution >= 0.6 is 0 Å². The molecule has 0 spiro atoms. The summed E-state index contributed by atoms with van der Waals surface area (Å²) in [5.74, 6) is -0.493. The van der Waals surface area contributed by atoms with E-state index in [1.54, 1.807) is 0 Å². The van der Waals surface area contributed by atoms with Crippen LogP contribution in [0, 0.1) is 11.3 Å². The van der Waals surface area contributed by atoms with Crippen molar-refractivity contribution in [1.82, 2.24) is 4.90 Å². The SMILES string of the molecule is CCC(C)C(=O)N1CCC(CC)(C(=O)O)CC1. The number of aliphatic carboxylic acids is 1. The van der Waals surface area contributed by atoms with E-state index in [0.29, 0.717) is 32.4 Å². The van der Waals surface area contributed by atoms with Gasteiger partial charge in [-0.05, 0) is 25.7 Å². The van der Waals surface area contributed by atoms with Crippen LogP contribution in [0.2, 0.25) is 0 Å². The minimum Gasteiger partial charge on any atom is -0.481 e. The molecular formula is C13H23NO3. The lowest BCUT2D eigenvalue weighted by Crippen LogP contribution is -2.47. The molecule has 1 unspecified atom stereocenters. The maximum atomic E-state index is 12.0. The van der Waals surface area contributed by atoms with E-state index in [1.165, 1.54) is 0 Å². The number of nitrogens with zero attached hydrogens (tertiary/aromatic N) is 1. The minimum absolute atomic E-state index is 0.0500. The molecule has 4 nitrogen and oxygen atoms in total. The highest BCUT2D eigenvalue weighted by Gasteiger charge is 2.41. The number of carbonyl (C=O) groups is 2. The Hall–Kier alpha value is -1.06. The summed E-state index contributed by atoms with van der Waals surface area (Å²) in [6, 6.07) is 0. The fourth-order valence-electron chi connectivity index (χ4n) is 2.36. The van der Waals surface area contributed by atoms with Crippen molar-refractivity contribution >= 4 is 11.9 Å². The van der Waals surface area contributed by atoms with Crippen molar-refractivity contribution in [2.45, 2.75) is 46.5 Å². The van der Waals surface area contributed by atoms with Crippen LogP contribution in [-0.2, 0) is 9.59 Å². The Labute approximate surface area is 103 Å². The number of piperidine rings is 1. The smallest absolute Gasteiger partial charge is 0.309 e. The van der Waals surface area contributed by atoms with Crippen LogP contribution in [0.5, 0.6) is 0 Å². The van der Waals surface area contributed by atoms with E-state index in [1.807, 2.05) is 25.7 Å². The molecule has 1 rings (SSSR count). The number of carbonyl (C=O) groups excluding carboxylic acids is 1. The highest BCUT2D eigenvalue weighted by Crippen LogP contribution is 2.35. The molecule has 1 heterocycles. The van der Waals surface area contributed by atoms with Gasteiger partial charge in [-0.2, -0.15) is 0 Å². The molecule has 0 aromatic rings. The summed E-state index contributed by atoms with van der Waals surface area (Å²) in [5, 5.41) is 9.27. The van der Waals surface area contributed by atoms with Gasteiger partial charge < -0.3 is 10.0 Å². The first-order chi connectivity index (χ1) is 7.96. The number of hydrogen-bond donors (Lipinski definition) is 1. The molecule has 17 heavy (non-hydrogen) atoms. The number of amides is 1. The topological polar surface area (TPSA) is 57.6 Å². The van der Waals surface area contributed by atoms with Gasteiger partial charge in [0, 0.05) is 19.0 Å². The van der Waals surface area contributed by atoms with Crippen molar-refractivity contribution in [2.75, 3.05) is 13.1 Å². The average Bonchev–Trinajstić information content (AvgIpc) is 2.36. The average molecular weight is 241 g/mol. The summed E-state index contributed by atoms with van der Waals surface area (Å²) < 4.78 is 0. The van der Waals surface area contributed by atoms with Crippen LogP contribution in [0.3, 0.4) is 0 Å². The zero-order valence-corrected chi connectivity index (χ0v) is 11.0. The maximum absolute atomic E-state index is 12.0. The van der Waals surface area contributed by atoms with Gasteiger partial charge in [0.05, 0.1) is 5.41 Å². The summed E-state index contributed by atoms with van der Waals surface area (Å²) in [7, 11) is 0. The molecule has 0 bridgehead atoms. The molecule has 1 aliphatic heterocycles. The van der Waals surface area contributed by atoms with Gasteiger partial charge >= 0.3 is 5.97 Å². The molecule has 1 saturated heterocycles. The summed E-state index contributed by atoms with van der Waals surface area (Å²) in [4.78, 5) is 25.1. The monoisotopic (exact) mass is 241 g/mol. The molecule has 98 valence electrons. The summed E-state index contributed by atoms with van der Waals surface area (Å²) in [5.41, 5.74) is -0.605. The second kappa shape index (κ2) is 5.52. The number of carboxylic acid groups (broad SMARTS) is 1. The van der Waals surface area contributed by atoms with Crippen LogP contribution in [0.15, 0.2) is 0 Å². The fraction of sp³-hybridized carbons (Fsp3) is 0.846. The van der Waals surface area contributed by atoms with Crippen molar-refractivity contribution < 1.29 is 14.7 Å². The van der Waals surface area contributed by atoms with E-state index in [0.717, 1.165) is 6.42 Å². The van der Waals surface area contributed by atoms with Crippen molar-refractivity contribution in [1.29, 1.82) is 0 Å². The lowest BCUT2D eigenvalue weighted by atomic mass is 9.76. The molecule has 0 aliphatic carbocycles. The van der Waals surface area contributed by atoms with Crippen molar-refractivity contribution in [3.05, 3.63) is 0 Å². The Kier molecular flexibility index (Phi) is 4.54. The lowest BCUT2D eigenvalue weighted by molar-refractivity contribution is -0.155. The molecule has 0 aromatic heterocycles. The second-order valence-electron chi connectivity index (χ2n) is 5.07. The highest BCUT2D eigenvalue weighted by atomic mass is 16.4. The van der Waals surface area contributed by atoms with Crippen LogP contribution in [0.25, 0.3) is 0 Å². The zero-order valence-electron chi connectivity index (χ0n) is 11.0. The Balaban J connectivity index is 2.61. The van der Waals surface area contributed by atoms with E-state index in [9.17, 15) is 14.7 Å². The first-order valence-electron chi connectivity index (χ1n) is 6.49. The number of hydrogen-bond acceptors (Lipinski definition) is 2. The Morgan fingerprint density at radius 2 is 1.82 bits per heavy atom. The lowest BCUT2D eigenvalue weighted by Gasteiger charge is -2.39. The summed E-state index contributed by atoms with van der Waals surface area (Å²) >= 11 is 0. The van der Waals surface area contributed by atoms with Crippen molar-refractivity contribution in [3.8, 4) is 0 Å². The Morgan fingerprint density at radius 1 is 1.29 bits per heavy atom. The van der Waals surface area contributed by atoms with E-state index >= 15 is 0 Å². The molecule has 1 fully saturated rings. The number of carboxylic acids is 1. The predicted octanol–water partition coefficient (Wildman–Crippen LogP) is 2.14. The van der Waals surface area contributed by atoms with E-state index in [4.69, 9.17) is 0 Å². The van der Waals surface area contributed by atoms with E-state index < -0.39 is 11.4 Å². The normalized spacial score (nSPS) is 21.0. The summed E-state index contributed by atoms with van der Waals surface area (Å²) in [6.45, 7) is 7.02. The van der Waals surface area contributed by atoms with Gasteiger partial charge in [-0.15, -0.1) is 0 Å². The minimum atomic E-state index is -0.712. The van der Waals surface area contributed by atoms with Crippen LogP contribution in [-0.4, -0.2) is 35.0 Å². The molecule has 4 heteroatoms. The molecule has 1 amide bonds. The molecule has 0 radical (unpaired) electrons. The van der Waals surface area contributed by atoms with Crippen LogP contribution in [0.1, 0.15) is 46.5 Å². The standard InChI is InChI=1S/C13H23NO3/c1-4-10(3)11(15)14-8-6-13(5-2,7-9-14)12(16)17/h10H,4-9H2,1-3H3,(H,16,17). The predicted molar refractivity (Wildman–Crippen MR) is 65.6 cm³/mol. The van der Waals surface area contributed by atoms with Gasteiger partial charge in [-0.1, -0.05) is 20.8 Å². The number of rotatable bonds is 4. The van der Waals surface area contributed by atoms with Crippen molar-refractivity contribution in [2.24, 2.45) is 11.3 Å². The van der Waals surface area contributed by atoms with E-state index in [-0.39, 0.29) is 11.8 Å². The molecule has 1 aliphatic rings. The van der Waals surface area contributed by atoms with Gasteiger partial charge in [0.25, 0.3) is 0 Å². The third kappa shape index (κ3) is 2.79. The largest absolute Gasteiger partial charge is 0.481 e. The van der Waals surface area contributed by atoms with Gasteiger partial charge in [0.1, 0.15) is 0 Å². The number of likely N-dealkylation sites (tertiary alicyclic amines) is 1. The molecule has 0 aromatic carbocycles. The van der Waals surface area contributed by atoms with E-state index in [2.05, 4.69) is 0 Å². The fourth-order valence-corrected chi connectivity index (χ4v) is 2.36. The summed E-state index contributed by atoms with van der Waals surface area (Å²) in [6.07, 6.45) is 2.66. The third-order valence-electron chi connectivity index (χ3n) is 4.20. The first kappa shape index (κ1) is 14.0.